The maximum atomic E-state index is 13.4. The second kappa shape index (κ2) is 10.6. The lowest BCUT2D eigenvalue weighted by Gasteiger charge is -2.31. The molecule has 2 aromatic carbocycles. The highest BCUT2D eigenvalue weighted by molar-refractivity contribution is 7.92. The number of nitrogens with zero attached hydrogens (tertiary/aromatic N) is 1. The Morgan fingerprint density at radius 3 is 2.12 bits per heavy atom. The van der Waals surface area contributed by atoms with Crippen molar-refractivity contribution in [1.82, 2.24) is 5.32 Å². The highest BCUT2D eigenvalue weighted by atomic mass is 32.2. The first-order valence-electron chi connectivity index (χ1n) is 11.4. The summed E-state index contributed by atoms with van der Waals surface area (Å²) in [7, 11) is -2.03. The van der Waals surface area contributed by atoms with Crippen LogP contribution in [-0.2, 0) is 14.8 Å². The summed E-state index contributed by atoms with van der Waals surface area (Å²) in [5.41, 5.74) is 5.59. The topological polar surface area (TPSA) is 75.7 Å². The minimum absolute atomic E-state index is 0.260. The second-order valence-corrected chi connectivity index (χ2v) is 10.9. The van der Waals surface area contributed by atoms with Crippen LogP contribution in [0.3, 0.4) is 0 Å². The molecule has 2 rings (SSSR count). The molecule has 0 spiro atoms. The summed E-state index contributed by atoms with van der Waals surface area (Å²) in [6.45, 7) is 13.8. The number of amides is 1. The number of methoxy groups -OCH3 is 1. The normalized spacial score (nSPS) is 13.5. The van der Waals surface area contributed by atoms with Gasteiger partial charge in [0, 0.05) is 0 Å². The predicted octanol–water partition coefficient (Wildman–Crippen LogP) is 5.17. The van der Waals surface area contributed by atoms with E-state index in [0.29, 0.717) is 12.1 Å². The van der Waals surface area contributed by atoms with Crippen LogP contribution in [0, 0.1) is 20.8 Å². The largest absolute Gasteiger partial charge is 0.496 e. The van der Waals surface area contributed by atoms with E-state index in [4.69, 9.17) is 4.74 Å². The highest BCUT2D eigenvalue weighted by Crippen LogP contribution is 2.32. The molecule has 0 saturated carbocycles. The van der Waals surface area contributed by atoms with Crippen molar-refractivity contribution in [2.45, 2.75) is 72.9 Å². The van der Waals surface area contributed by atoms with Crippen LogP contribution in [0.4, 0.5) is 5.69 Å². The van der Waals surface area contributed by atoms with Crippen LogP contribution >= 0.6 is 0 Å². The first-order chi connectivity index (χ1) is 15.3. The van der Waals surface area contributed by atoms with Crippen LogP contribution in [0.25, 0.3) is 0 Å². The zero-order chi connectivity index (χ0) is 25.1. The molecule has 33 heavy (non-hydrogen) atoms. The molecule has 0 fully saturated rings. The van der Waals surface area contributed by atoms with Crippen molar-refractivity contribution in [3.8, 4) is 5.75 Å². The minimum atomic E-state index is -3.68. The number of nitrogens with one attached hydrogen (secondary N) is 1. The van der Waals surface area contributed by atoms with E-state index in [0.717, 1.165) is 39.8 Å². The van der Waals surface area contributed by atoms with E-state index in [1.54, 1.807) is 13.2 Å². The van der Waals surface area contributed by atoms with Gasteiger partial charge in [0.1, 0.15) is 11.8 Å². The molecule has 0 radical (unpaired) electrons. The van der Waals surface area contributed by atoms with Gasteiger partial charge in [0.25, 0.3) is 0 Å². The van der Waals surface area contributed by atoms with Gasteiger partial charge in [-0.2, -0.15) is 0 Å². The molecule has 0 bridgehead atoms. The second-order valence-electron chi connectivity index (χ2n) is 9.09. The summed E-state index contributed by atoms with van der Waals surface area (Å²) in [6, 6.07) is 8.36. The van der Waals surface area contributed by atoms with Crippen molar-refractivity contribution in [2.75, 3.05) is 17.7 Å². The van der Waals surface area contributed by atoms with Crippen LogP contribution < -0.4 is 14.4 Å². The number of carbonyl (C=O) groups is 1. The molecule has 0 aliphatic heterocycles. The summed E-state index contributed by atoms with van der Waals surface area (Å²) in [5.74, 6) is 0.764. The predicted molar refractivity (Wildman–Crippen MR) is 136 cm³/mol. The Morgan fingerprint density at radius 1 is 1.00 bits per heavy atom. The summed E-state index contributed by atoms with van der Waals surface area (Å²) in [4.78, 5) is 13.4. The van der Waals surface area contributed by atoms with Crippen molar-refractivity contribution in [2.24, 2.45) is 0 Å². The van der Waals surface area contributed by atoms with Crippen LogP contribution in [-0.4, -0.2) is 33.7 Å². The monoisotopic (exact) mass is 474 g/mol. The number of hydrogen-bond donors (Lipinski definition) is 1. The number of sulfonamides is 1. The van der Waals surface area contributed by atoms with Crippen LogP contribution in [0.2, 0.25) is 0 Å². The fourth-order valence-electron chi connectivity index (χ4n) is 4.12. The molecule has 0 aromatic heterocycles. The molecule has 0 unspecified atom stereocenters. The number of rotatable bonds is 9. The lowest BCUT2D eigenvalue weighted by atomic mass is 9.93. The third kappa shape index (κ3) is 6.08. The van der Waals surface area contributed by atoms with Gasteiger partial charge in [-0.05, 0) is 92.1 Å². The average Bonchev–Trinajstić information content (AvgIpc) is 2.72. The van der Waals surface area contributed by atoms with Gasteiger partial charge in [0.2, 0.25) is 15.9 Å². The summed E-state index contributed by atoms with van der Waals surface area (Å²) < 4.78 is 32.3. The smallest absolute Gasteiger partial charge is 0.244 e. The van der Waals surface area contributed by atoms with Crippen molar-refractivity contribution >= 4 is 21.6 Å². The zero-order valence-electron chi connectivity index (χ0n) is 21.3. The maximum Gasteiger partial charge on any atom is 0.244 e. The molecule has 6 nitrogen and oxygen atoms in total. The molecule has 2 aromatic rings. The summed E-state index contributed by atoms with van der Waals surface area (Å²) >= 11 is 0. The van der Waals surface area contributed by atoms with Gasteiger partial charge in [-0.25, -0.2) is 8.42 Å². The van der Waals surface area contributed by atoms with E-state index >= 15 is 0 Å². The van der Waals surface area contributed by atoms with Crippen LogP contribution in [0.15, 0.2) is 30.3 Å². The van der Waals surface area contributed by atoms with Crippen molar-refractivity contribution in [3.63, 3.8) is 0 Å². The minimum Gasteiger partial charge on any atom is -0.496 e. The number of ether oxygens (including phenoxy) is 1. The molecule has 2 atom stereocenters. The van der Waals surface area contributed by atoms with Crippen molar-refractivity contribution in [3.05, 3.63) is 58.1 Å². The maximum absolute atomic E-state index is 13.4. The number of benzene rings is 2. The van der Waals surface area contributed by atoms with E-state index in [9.17, 15) is 13.2 Å². The Hall–Kier alpha value is -2.54. The van der Waals surface area contributed by atoms with E-state index < -0.39 is 16.1 Å². The molecule has 1 amide bonds. The molecule has 7 heteroatoms. The first-order valence-corrected chi connectivity index (χ1v) is 13.2. The number of anilines is 1. The van der Waals surface area contributed by atoms with Gasteiger partial charge >= 0.3 is 0 Å². The molecule has 1 N–H and O–H groups in total. The van der Waals surface area contributed by atoms with Crippen LogP contribution in [0.5, 0.6) is 5.75 Å². The van der Waals surface area contributed by atoms with E-state index in [1.807, 2.05) is 52.8 Å². The molecule has 0 aliphatic rings. The SMILES string of the molecule is CC[C@@H](C(=O)N[C@H](C)c1cc(C(C)C)c(OC)cc1C)N(c1ccc(C)c(C)c1)S(C)(=O)=O. The van der Waals surface area contributed by atoms with E-state index in [-0.39, 0.29) is 17.9 Å². The standard InChI is InChI=1S/C26H38N2O4S/c1-10-24(28(33(9,30)31)21-12-11-17(4)18(5)13-21)26(29)27-20(7)23-15-22(16(2)3)25(32-8)14-19(23)6/h11-16,20,24H,10H2,1-9H3,(H,27,29)/t20-,24+/m1/s1. The molecule has 0 heterocycles. The lowest BCUT2D eigenvalue weighted by Crippen LogP contribution is -2.49. The zero-order valence-corrected chi connectivity index (χ0v) is 22.1. The fourth-order valence-corrected chi connectivity index (χ4v) is 5.32. The Kier molecular flexibility index (Phi) is 8.57. The Balaban J connectivity index is 2.41. The fraction of sp³-hybridized carbons (Fsp3) is 0.500. The summed E-state index contributed by atoms with van der Waals surface area (Å²) in [5, 5.41) is 3.05. The van der Waals surface area contributed by atoms with Crippen molar-refractivity contribution in [1.29, 1.82) is 0 Å². The summed E-state index contributed by atoms with van der Waals surface area (Å²) in [6.07, 6.45) is 1.49. The first kappa shape index (κ1) is 26.7. The van der Waals surface area contributed by atoms with Crippen LogP contribution in [0.1, 0.15) is 73.9 Å². The Morgan fingerprint density at radius 2 is 1.64 bits per heavy atom. The van der Waals surface area contributed by atoms with E-state index in [2.05, 4.69) is 25.2 Å². The number of aryl methyl sites for hydroxylation is 3. The molecular formula is C26H38N2O4S. The number of carbonyl (C=O) groups excluding carboxylic acids is 1. The van der Waals surface area contributed by atoms with Gasteiger partial charge in [0.05, 0.1) is 25.1 Å². The third-order valence-corrected chi connectivity index (χ3v) is 7.32. The quantitative estimate of drug-likeness (QED) is 0.544. The van der Waals surface area contributed by atoms with Gasteiger partial charge in [0.15, 0.2) is 0 Å². The molecule has 0 aliphatic carbocycles. The highest BCUT2D eigenvalue weighted by Gasteiger charge is 2.32. The van der Waals surface area contributed by atoms with Gasteiger partial charge in [-0.1, -0.05) is 26.8 Å². The molecular weight excluding hydrogens is 436 g/mol. The molecule has 182 valence electrons. The van der Waals surface area contributed by atoms with Gasteiger partial charge < -0.3 is 10.1 Å². The van der Waals surface area contributed by atoms with Gasteiger partial charge in [-0.3, -0.25) is 9.10 Å². The lowest BCUT2D eigenvalue weighted by molar-refractivity contribution is -0.122. The average molecular weight is 475 g/mol. The van der Waals surface area contributed by atoms with Crippen molar-refractivity contribution < 1.29 is 17.9 Å². The Labute approximate surface area is 199 Å². The molecule has 0 saturated heterocycles. The van der Waals surface area contributed by atoms with Gasteiger partial charge in [-0.15, -0.1) is 0 Å². The van der Waals surface area contributed by atoms with E-state index in [1.165, 1.54) is 4.31 Å². The third-order valence-electron chi connectivity index (χ3n) is 6.14. The number of hydrogen-bond acceptors (Lipinski definition) is 4. The Bertz CT molecular complexity index is 1110.